The van der Waals surface area contributed by atoms with Crippen LogP contribution in [-0.2, 0) is 0 Å². The molecule has 0 bridgehead atoms. The first-order valence-corrected chi connectivity index (χ1v) is 7.95. The quantitative estimate of drug-likeness (QED) is 0.742. The normalized spacial score (nSPS) is 11.2. The van der Waals surface area contributed by atoms with Gasteiger partial charge in [-0.25, -0.2) is 4.98 Å². The number of nitrogens with one attached hydrogen (secondary N) is 1. The van der Waals surface area contributed by atoms with Crippen LogP contribution in [0.1, 0.15) is 53.9 Å². The van der Waals surface area contributed by atoms with Crippen LogP contribution >= 0.6 is 0 Å². The SMILES string of the molecule is CCCNc1nccc(N(CC(C)C)C(CC)CC)n1. The van der Waals surface area contributed by atoms with E-state index in [0.29, 0.717) is 12.0 Å². The fourth-order valence-corrected chi connectivity index (χ4v) is 2.38. The van der Waals surface area contributed by atoms with E-state index in [2.05, 4.69) is 54.8 Å². The Balaban J connectivity index is 2.94. The summed E-state index contributed by atoms with van der Waals surface area (Å²) in [5, 5.41) is 3.27. The average Bonchev–Trinajstić information content (AvgIpc) is 2.45. The summed E-state index contributed by atoms with van der Waals surface area (Å²) in [6, 6.07) is 2.57. The lowest BCUT2D eigenvalue weighted by Gasteiger charge is -2.33. The van der Waals surface area contributed by atoms with E-state index in [1.54, 1.807) is 0 Å². The first kappa shape index (κ1) is 16.7. The Hall–Kier alpha value is -1.32. The molecule has 20 heavy (non-hydrogen) atoms. The summed E-state index contributed by atoms with van der Waals surface area (Å²) in [5.74, 6) is 2.41. The smallest absolute Gasteiger partial charge is 0.224 e. The van der Waals surface area contributed by atoms with Gasteiger partial charge in [0, 0.05) is 25.3 Å². The molecule has 0 aromatic carbocycles. The molecular weight excluding hydrogens is 248 g/mol. The topological polar surface area (TPSA) is 41.1 Å². The van der Waals surface area contributed by atoms with Crippen LogP contribution in [0.2, 0.25) is 0 Å². The summed E-state index contributed by atoms with van der Waals surface area (Å²) in [5.41, 5.74) is 0. The fraction of sp³-hybridized carbons (Fsp3) is 0.750. The molecule has 0 aliphatic carbocycles. The number of anilines is 2. The van der Waals surface area contributed by atoms with Crippen molar-refractivity contribution in [3.05, 3.63) is 12.3 Å². The van der Waals surface area contributed by atoms with E-state index in [0.717, 1.165) is 44.1 Å². The third-order valence-corrected chi connectivity index (χ3v) is 3.41. The number of nitrogens with zero attached hydrogens (tertiary/aromatic N) is 3. The highest BCUT2D eigenvalue weighted by Gasteiger charge is 2.18. The maximum atomic E-state index is 4.68. The lowest BCUT2D eigenvalue weighted by atomic mass is 10.1. The van der Waals surface area contributed by atoms with Crippen molar-refractivity contribution in [2.24, 2.45) is 5.92 Å². The summed E-state index contributed by atoms with van der Waals surface area (Å²) in [7, 11) is 0. The largest absolute Gasteiger partial charge is 0.354 e. The highest BCUT2D eigenvalue weighted by Crippen LogP contribution is 2.20. The molecule has 1 aromatic heterocycles. The summed E-state index contributed by atoms with van der Waals surface area (Å²) < 4.78 is 0. The molecule has 0 saturated heterocycles. The van der Waals surface area contributed by atoms with Gasteiger partial charge in [0.05, 0.1) is 0 Å². The van der Waals surface area contributed by atoms with Gasteiger partial charge in [0.1, 0.15) is 5.82 Å². The van der Waals surface area contributed by atoms with Gasteiger partial charge in [-0.2, -0.15) is 4.98 Å². The molecule has 0 atom stereocenters. The van der Waals surface area contributed by atoms with Gasteiger partial charge in [-0.3, -0.25) is 0 Å². The van der Waals surface area contributed by atoms with Gasteiger partial charge in [-0.15, -0.1) is 0 Å². The molecule has 1 heterocycles. The molecule has 1 rings (SSSR count). The monoisotopic (exact) mass is 278 g/mol. The Morgan fingerprint density at radius 1 is 1.20 bits per heavy atom. The molecule has 0 aliphatic heterocycles. The van der Waals surface area contributed by atoms with Crippen LogP contribution < -0.4 is 10.2 Å². The minimum Gasteiger partial charge on any atom is -0.354 e. The van der Waals surface area contributed by atoms with Gasteiger partial charge in [0.15, 0.2) is 0 Å². The Bertz CT molecular complexity index is 374. The van der Waals surface area contributed by atoms with Crippen molar-refractivity contribution in [1.29, 1.82) is 0 Å². The van der Waals surface area contributed by atoms with E-state index >= 15 is 0 Å². The Kier molecular flexibility index (Phi) is 7.34. The standard InChI is InChI=1S/C16H30N4/c1-6-10-17-16-18-11-9-15(19-16)20(12-13(4)5)14(7-2)8-3/h9,11,13-14H,6-8,10,12H2,1-5H3,(H,17,18,19). The third-order valence-electron chi connectivity index (χ3n) is 3.41. The van der Waals surface area contributed by atoms with E-state index in [1.165, 1.54) is 0 Å². The molecule has 0 spiro atoms. The molecule has 114 valence electrons. The van der Waals surface area contributed by atoms with Crippen molar-refractivity contribution in [2.45, 2.75) is 59.9 Å². The van der Waals surface area contributed by atoms with Crippen LogP contribution in [-0.4, -0.2) is 29.1 Å². The number of rotatable bonds is 9. The van der Waals surface area contributed by atoms with Crippen molar-refractivity contribution in [3.8, 4) is 0 Å². The highest BCUT2D eigenvalue weighted by atomic mass is 15.2. The van der Waals surface area contributed by atoms with Crippen molar-refractivity contribution >= 4 is 11.8 Å². The Morgan fingerprint density at radius 3 is 2.45 bits per heavy atom. The fourth-order valence-electron chi connectivity index (χ4n) is 2.38. The van der Waals surface area contributed by atoms with Gasteiger partial charge in [0.2, 0.25) is 5.95 Å². The second-order valence-electron chi connectivity index (χ2n) is 5.68. The summed E-state index contributed by atoms with van der Waals surface area (Å²) in [4.78, 5) is 11.4. The van der Waals surface area contributed by atoms with Crippen LogP contribution in [0, 0.1) is 5.92 Å². The average molecular weight is 278 g/mol. The van der Waals surface area contributed by atoms with E-state index in [-0.39, 0.29) is 0 Å². The second kappa shape index (κ2) is 8.77. The molecule has 1 aromatic rings. The molecule has 0 fully saturated rings. The molecule has 0 amide bonds. The maximum absolute atomic E-state index is 4.68. The zero-order chi connectivity index (χ0) is 15.0. The van der Waals surface area contributed by atoms with Gasteiger partial charge in [-0.1, -0.05) is 34.6 Å². The molecule has 0 unspecified atom stereocenters. The molecule has 4 heteroatoms. The van der Waals surface area contributed by atoms with E-state index in [9.17, 15) is 0 Å². The summed E-state index contributed by atoms with van der Waals surface area (Å²) in [6.45, 7) is 13.1. The predicted molar refractivity (Wildman–Crippen MR) is 87.4 cm³/mol. The van der Waals surface area contributed by atoms with Crippen LogP contribution in [0.4, 0.5) is 11.8 Å². The van der Waals surface area contributed by atoms with Crippen LogP contribution in [0.5, 0.6) is 0 Å². The van der Waals surface area contributed by atoms with Crippen molar-refractivity contribution in [2.75, 3.05) is 23.3 Å². The molecule has 4 nitrogen and oxygen atoms in total. The summed E-state index contributed by atoms with van der Waals surface area (Å²) in [6.07, 6.45) is 5.22. The molecule has 1 N–H and O–H groups in total. The van der Waals surface area contributed by atoms with Gasteiger partial charge < -0.3 is 10.2 Å². The minimum atomic E-state index is 0.548. The lowest BCUT2D eigenvalue weighted by molar-refractivity contribution is 0.503. The van der Waals surface area contributed by atoms with Crippen LogP contribution in [0.25, 0.3) is 0 Å². The van der Waals surface area contributed by atoms with Crippen LogP contribution in [0.15, 0.2) is 12.3 Å². The molecule has 0 radical (unpaired) electrons. The molecule has 0 saturated carbocycles. The van der Waals surface area contributed by atoms with Crippen molar-refractivity contribution in [3.63, 3.8) is 0 Å². The number of hydrogen-bond donors (Lipinski definition) is 1. The first-order valence-electron chi connectivity index (χ1n) is 7.95. The van der Waals surface area contributed by atoms with Gasteiger partial charge >= 0.3 is 0 Å². The maximum Gasteiger partial charge on any atom is 0.224 e. The molecule has 0 aliphatic rings. The van der Waals surface area contributed by atoms with Gasteiger partial charge in [0.25, 0.3) is 0 Å². The van der Waals surface area contributed by atoms with Gasteiger partial charge in [-0.05, 0) is 31.2 Å². The Morgan fingerprint density at radius 2 is 1.90 bits per heavy atom. The van der Waals surface area contributed by atoms with Crippen molar-refractivity contribution in [1.82, 2.24) is 9.97 Å². The third kappa shape index (κ3) is 4.99. The minimum absolute atomic E-state index is 0.548. The first-order chi connectivity index (χ1) is 9.62. The number of aromatic nitrogens is 2. The zero-order valence-electron chi connectivity index (χ0n) is 13.7. The van der Waals surface area contributed by atoms with E-state index in [1.807, 2.05) is 12.3 Å². The zero-order valence-corrected chi connectivity index (χ0v) is 13.7. The molecular formula is C16H30N4. The van der Waals surface area contributed by atoms with Crippen molar-refractivity contribution < 1.29 is 0 Å². The van der Waals surface area contributed by atoms with E-state index in [4.69, 9.17) is 0 Å². The number of hydrogen-bond acceptors (Lipinski definition) is 4. The lowest BCUT2D eigenvalue weighted by Crippen LogP contribution is -2.38. The van der Waals surface area contributed by atoms with Crippen LogP contribution in [0.3, 0.4) is 0 Å². The Labute approximate surface area is 124 Å². The second-order valence-corrected chi connectivity index (χ2v) is 5.68. The van der Waals surface area contributed by atoms with E-state index < -0.39 is 0 Å². The summed E-state index contributed by atoms with van der Waals surface area (Å²) >= 11 is 0. The highest BCUT2D eigenvalue weighted by molar-refractivity contribution is 5.43. The predicted octanol–water partition coefficient (Wildman–Crippen LogP) is 3.95.